The number of hydrogen-bond donors (Lipinski definition) is 0. The summed E-state index contributed by atoms with van der Waals surface area (Å²) in [7, 11) is 0. The number of thioether (sulfide) groups is 1. The van der Waals surface area contributed by atoms with Gasteiger partial charge in [-0.1, -0.05) is 12.1 Å². The Balaban J connectivity index is 2.30. The quantitative estimate of drug-likeness (QED) is 0.799. The number of hydrogen-bond acceptors (Lipinski definition) is 3. The topological polar surface area (TPSA) is 21.6 Å². The molecule has 2 nitrogen and oxygen atoms in total. The lowest BCUT2D eigenvalue weighted by atomic mass is 10.2. The van der Waals surface area contributed by atoms with Crippen molar-refractivity contribution in [2.75, 3.05) is 5.75 Å². The second-order valence-electron chi connectivity index (χ2n) is 2.97. The zero-order valence-corrected chi connectivity index (χ0v) is 8.81. The predicted molar refractivity (Wildman–Crippen MR) is 56.4 cm³/mol. The Labute approximate surface area is 94.5 Å². The van der Waals surface area contributed by atoms with Gasteiger partial charge in [0.05, 0.1) is 6.54 Å². The summed E-state index contributed by atoms with van der Waals surface area (Å²) in [4.78, 5) is 4.00. The SMILES string of the molecule is FC(F)(F)Oc1ccccc1C1=N[CH]CS1. The minimum atomic E-state index is -4.68. The highest BCUT2D eigenvalue weighted by Crippen LogP contribution is 2.31. The Kier molecular flexibility index (Phi) is 3.09. The van der Waals surface area contributed by atoms with Crippen LogP contribution in [-0.2, 0) is 0 Å². The number of para-hydroxylation sites is 1. The zero-order chi connectivity index (χ0) is 11.6. The van der Waals surface area contributed by atoms with Crippen molar-refractivity contribution in [1.29, 1.82) is 0 Å². The van der Waals surface area contributed by atoms with Gasteiger partial charge in [-0.2, -0.15) is 0 Å². The van der Waals surface area contributed by atoms with Gasteiger partial charge in [-0.25, -0.2) is 0 Å². The highest BCUT2D eigenvalue weighted by atomic mass is 32.2. The van der Waals surface area contributed by atoms with Crippen LogP contribution in [0, 0.1) is 6.54 Å². The Bertz CT molecular complexity index is 417. The number of rotatable bonds is 2. The van der Waals surface area contributed by atoms with E-state index < -0.39 is 6.36 Å². The smallest absolute Gasteiger partial charge is 0.405 e. The fourth-order valence-corrected chi connectivity index (χ4v) is 2.06. The van der Waals surface area contributed by atoms with Crippen molar-refractivity contribution in [3.63, 3.8) is 0 Å². The van der Waals surface area contributed by atoms with E-state index in [0.29, 0.717) is 16.4 Å². The van der Waals surface area contributed by atoms with Gasteiger partial charge in [0.2, 0.25) is 0 Å². The van der Waals surface area contributed by atoms with Gasteiger partial charge in [0.15, 0.2) is 0 Å². The van der Waals surface area contributed by atoms with Crippen molar-refractivity contribution < 1.29 is 17.9 Å². The van der Waals surface area contributed by atoms with Crippen molar-refractivity contribution in [3.05, 3.63) is 36.4 Å². The number of alkyl halides is 3. The zero-order valence-electron chi connectivity index (χ0n) is 7.99. The molecule has 0 spiro atoms. The van der Waals surface area contributed by atoms with E-state index in [9.17, 15) is 13.2 Å². The molecule has 0 amide bonds. The fourth-order valence-electron chi connectivity index (χ4n) is 1.28. The third-order valence-corrected chi connectivity index (χ3v) is 2.76. The van der Waals surface area contributed by atoms with Crippen LogP contribution >= 0.6 is 11.8 Å². The summed E-state index contributed by atoms with van der Waals surface area (Å²) in [6, 6.07) is 5.99. The molecule has 0 aromatic heterocycles. The molecule has 2 rings (SSSR count). The van der Waals surface area contributed by atoms with Crippen molar-refractivity contribution in [2.45, 2.75) is 6.36 Å². The lowest BCUT2D eigenvalue weighted by Gasteiger charge is -2.12. The van der Waals surface area contributed by atoms with E-state index in [-0.39, 0.29) is 5.75 Å². The Hall–Kier alpha value is -1.17. The monoisotopic (exact) mass is 246 g/mol. The molecule has 0 atom stereocenters. The molecule has 1 aliphatic heterocycles. The first kappa shape index (κ1) is 11.3. The average molecular weight is 246 g/mol. The predicted octanol–water partition coefficient (Wildman–Crippen LogP) is 3.24. The molecule has 0 N–H and O–H groups in total. The van der Waals surface area contributed by atoms with Crippen LogP contribution in [0.25, 0.3) is 0 Å². The van der Waals surface area contributed by atoms with E-state index in [2.05, 4.69) is 9.73 Å². The van der Waals surface area contributed by atoms with Crippen LogP contribution in [0.1, 0.15) is 5.56 Å². The Morgan fingerprint density at radius 2 is 2.00 bits per heavy atom. The van der Waals surface area contributed by atoms with Crippen LogP contribution in [-0.4, -0.2) is 17.2 Å². The minimum absolute atomic E-state index is 0.212. The first-order chi connectivity index (χ1) is 7.56. The van der Waals surface area contributed by atoms with Gasteiger partial charge in [0, 0.05) is 11.3 Å². The van der Waals surface area contributed by atoms with Crippen LogP contribution in [0.2, 0.25) is 0 Å². The number of nitrogens with zero attached hydrogens (tertiary/aromatic N) is 1. The van der Waals surface area contributed by atoms with Crippen molar-refractivity contribution in [2.24, 2.45) is 4.99 Å². The largest absolute Gasteiger partial charge is 0.573 e. The average Bonchev–Trinajstić information content (AvgIpc) is 2.69. The summed E-state index contributed by atoms with van der Waals surface area (Å²) in [6.45, 7) is 1.66. The summed E-state index contributed by atoms with van der Waals surface area (Å²) in [5.74, 6) is 0.465. The molecule has 0 saturated heterocycles. The van der Waals surface area contributed by atoms with Crippen LogP contribution in [0.4, 0.5) is 13.2 Å². The van der Waals surface area contributed by atoms with Crippen molar-refractivity contribution in [1.82, 2.24) is 0 Å². The third-order valence-electron chi connectivity index (χ3n) is 1.85. The molecule has 1 aliphatic rings. The second kappa shape index (κ2) is 4.37. The molecule has 16 heavy (non-hydrogen) atoms. The summed E-state index contributed by atoms with van der Waals surface area (Å²) in [5, 5.41) is 0.555. The molecule has 0 fully saturated rings. The molecule has 0 bridgehead atoms. The van der Waals surface area contributed by atoms with Crippen LogP contribution in [0.3, 0.4) is 0 Å². The molecule has 6 heteroatoms. The number of aliphatic imine (C=N–C) groups is 1. The molecule has 1 radical (unpaired) electrons. The van der Waals surface area contributed by atoms with Crippen molar-refractivity contribution in [3.8, 4) is 5.75 Å². The van der Waals surface area contributed by atoms with Crippen molar-refractivity contribution >= 4 is 16.8 Å². The maximum Gasteiger partial charge on any atom is 0.573 e. The minimum Gasteiger partial charge on any atom is -0.405 e. The normalized spacial score (nSPS) is 16.1. The Morgan fingerprint density at radius 1 is 1.25 bits per heavy atom. The van der Waals surface area contributed by atoms with Crippen LogP contribution in [0.5, 0.6) is 5.75 Å². The molecule has 0 aliphatic carbocycles. The first-order valence-corrected chi connectivity index (χ1v) is 5.42. The summed E-state index contributed by atoms with van der Waals surface area (Å²) in [5.41, 5.74) is 0.374. The first-order valence-electron chi connectivity index (χ1n) is 4.44. The molecule has 0 unspecified atom stereocenters. The van der Waals surface area contributed by atoms with E-state index in [1.807, 2.05) is 0 Å². The third kappa shape index (κ3) is 2.69. The van der Waals surface area contributed by atoms with Gasteiger partial charge in [0.25, 0.3) is 0 Å². The van der Waals surface area contributed by atoms with Crippen LogP contribution in [0.15, 0.2) is 29.3 Å². The molecule has 1 heterocycles. The highest BCUT2D eigenvalue weighted by Gasteiger charge is 2.32. The van der Waals surface area contributed by atoms with E-state index in [1.54, 1.807) is 18.7 Å². The number of halogens is 3. The molecular weight excluding hydrogens is 239 g/mol. The number of benzene rings is 1. The molecule has 1 aromatic rings. The van der Waals surface area contributed by atoms with Gasteiger partial charge in [-0.05, 0) is 12.1 Å². The fraction of sp³-hybridized carbons (Fsp3) is 0.200. The van der Waals surface area contributed by atoms with E-state index in [1.165, 1.54) is 23.9 Å². The standard InChI is InChI=1S/C10H7F3NOS/c11-10(12,13)15-8-4-2-1-3-7(8)9-14-5-6-16-9/h1-5H,6H2. The van der Waals surface area contributed by atoms with E-state index >= 15 is 0 Å². The van der Waals surface area contributed by atoms with Gasteiger partial charge in [-0.15, -0.1) is 24.9 Å². The second-order valence-corrected chi connectivity index (χ2v) is 3.98. The molecule has 85 valence electrons. The summed E-state index contributed by atoms with van der Waals surface area (Å²) >= 11 is 1.38. The van der Waals surface area contributed by atoms with E-state index in [0.717, 1.165) is 0 Å². The van der Waals surface area contributed by atoms with Gasteiger partial charge >= 0.3 is 6.36 Å². The summed E-state index contributed by atoms with van der Waals surface area (Å²) in [6.07, 6.45) is -4.68. The van der Waals surface area contributed by atoms with Gasteiger partial charge in [-0.3, -0.25) is 4.99 Å². The molecule has 0 saturated carbocycles. The maximum atomic E-state index is 12.1. The van der Waals surface area contributed by atoms with Crippen LogP contribution < -0.4 is 4.74 Å². The lowest BCUT2D eigenvalue weighted by molar-refractivity contribution is -0.274. The number of ether oxygens (including phenoxy) is 1. The Morgan fingerprint density at radius 3 is 2.62 bits per heavy atom. The lowest BCUT2D eigenvalue weighted by Crippen LogP contribution is -2.18. The highest BCUT2D eigenvalue weighted by molar-refractivity contribution is 8.14. The molecule has 1 aromatic carbocycles. The van der Waals surface area contributed by atoms with E-state index in [4.69, 9.17) is 0 Å². The summed E-state index contributed by atoms with van der Waals surface area (Å²) < 4.78 is 40.3. The van der Waals surface area contributed by atoms with Gasteiger partial charge < -0.3 is 4.74 Å². The maximum absolute atomic E-state index is 12.1. The molecular formula is C10H7F3NOS. The van der Waals surface area contributed by atoms with Gasteiger partial charge in [0.1, 0.15) is 10.8 Å².